The Morgan fingerprint density at radius 1 is 0.935 bits per heavy atom. The standard InChI is InChI=1S/C47H45ClFN7O5S/c1-29-34(16-17-39(43(29)48)60-25-24-56-22-20-55(2)21-23-56)41-42-40(62-44(41)30-12-14-32(49)15-13-30)27-51-54-46(42)53-36(47(57)58)26-31-8-4-6-10-37(31)61-28-33-18-19-50-45(52-33)35-9-5-7-11-38(35)59-3/h4-19,27,36H,20-26,28H2,1-3H3,(H,53,54)(H,57,58). The van der Waals surface area contributed by atoms with E-state index in [1.807, 2.05) is 61.5 Å². The summed E-state index contributed by atoms with van der Waals surface area (Å²) in [5.41, 5.74) is 5.16. The first-order chi connectivity index (χ1) is 30.2. The van der Waals surface area contributed by atoms with Crippen LogP contribution in [0.2, 0.25) is 5.02 Å². The van der Waals surface area contributed by atoms with Crippen molar-refractivity contribution in [1.29, 1.82) is 0 Å². The van der Waals surface area contributed by atoms with Crippen molar-refractivity contribution in [3.8, 4) is 50.2 Å². The van der Waals surface area contributed by atoms with Gasteiger partial charge < -0.3 is 29.5 Å². The molecule has 0 aliphatic carbocycles. The number of aliphatic carboxylic acids is 1. The highest BCUT2D eigenvalue weighted by molar-refractivity contribution is 7.23. The fourth-order valence-electron chi connectivity index (χ4n) is 7.51. The summed E-state index contributed by atoms with van der Waals surface area (Å²) in [6.45, 7) is 7.35. The molecular formula is C47H45ClFN7O5S. The Hall–Kier alpha value is -6.19. The normalized spacial score (nSPS) is 13.8. The predicted octanol–water partition coefficient (Wildman–Crippen LogP) is 8.90. The lowest BCUT2D eigenvalue weighted by molar-refractivity contribution is -0.137. The highest BCUT2D eigenvalue weighted by Gasteiger charge is 2.27. The lowest BCUT2D eigenvalue weighted by Gasteiger charge is -2.32. The van der Waals surface area contributed by atoms with E-state index in [1.54, 1.807) is 43.8 Å². The van der Waals surface area contributed by atoms with Crippen molar-refractivity contribution in [2.75, 3.05) is 58.8 Å². The average Bonchev–Trinajstić information content (AvgIpc) is 3.68. The number of carboxylic acid groups (broad SMARTS) is 1. The number of likely N-dealkylation sites (N-methyl/N-ethyl adjacent to an activating group) is 1. The quantitative estimate of drug-likeness (QED) is 0.0961. The van der Waals surface area contributed by atoms with Crippen LogP contribution < -0.4 is 19.5 Å². The highest BCUT2D eigenvalue weighted by atomic mass is 35.5. The molecule has 0 spiro atoms. The van der Waals surface area contributed by atoms with E-state index in [1.165, 1.54) is 23.5 Å². The summed E-state index contributed by atoms with van der Waals surface area (Å²) in [6, 6.07) is 25.6. The van der Waals surface area contributed by atoms with Crippen LogP contribution in [0.15, 0.2) is 103 Å². The molecule has 1 unspecified atom stereocenters. The van der Waals surface area contributed by atoms with Gasteiger partial charge in [-0.1, -0.05) is 60.1 Å². The van der Waals surface area contributed by atoms with Crippen LogP contribution in [-0.2, 0) is 17.8 Å². The van der Waals surface area contributed by atoms with Crippen molar-refractivity contribution in [2.24, 2.45) is 0 Å². The number of benzene rings is 4. The third-order valence-corrected chi connectivity index (χ3v) is 12.6. The number of hydrogen-bond acceptors (Lipinski definition) is 12. The second-order valence-corrected chi connectivity index (χ2v) is 16.4. The number of carboxylic acids is 1. The number of methoxy groups -OCH3 is 1. The SMILES string of the molecule is COc1ccccc1-c1nccc(COc2ccccc2CC(Nc2nncc3sc(-c4ccc(F)cc4)c(-c4ccc(OCCN5CCN(C)CC5)c(Cl)c4C)c23)C(=O)O)n1. The third-order valence-electron chi connectivity index (χ3n) is 10.9. The van der Waals surface area contributed by atoms with E-state index in [0.29, 0.717) is 51.3 Å². The molecule has 1 aliphatic heterocycles. The molecule has 0 amide bonds. The van der Waals surface area contributed by atoms with Crippen LogP contribution in [0, 0.1) is 12.7 Å². The number of hydrogen-bond donors (Lipinski definition) is 2. The molecule has 4 aromatic carbocycles. The number of anilines is 1. The first-order valence-electron chi connectivity index (χ1n) is 20.2. The summed E-state index contributed by atoms with van der Waals surface area (Å²) < 4.78 is 33.0. The number of halogens is 2. The Kier molecular flexibility index (Phi) is 13.2. The molecule has 0 saturated carbocycles. The lowest BCUT2D eigenvalue weighted by Crippen LogP contribution is -2.45. The molecule has 4 heterocycles. The molecule has 15 heteroatoms. The Balaban J connectivity index is 1.08. The van der Waals surface area contributed by atoms with Gasteiger partial charge in [0, 0.05) is 61.2 Å². The van der Waals surface area contributed by atoms with Crippen LogP contribution >= 0.6 is 22.9 Å². The molecule has 1 atom stereocenters. The number of ether oxygens (including phenoxy) is 3. The molecule has 12 nitrogen and oxygen atoms in total. The monoisotopic (exact) mass is 873 g/mol. The first-order valence-corrected chi connectivity index (χ1v) is 21.4. The van der Waals surface area contributed by atoms with Crippen molar-refractivity contribution in [1.82, 2.24) is 30.0 Å². The van der Waals surface area contributed by atoms with Crippen molar-refractivity contribution >= 4 is 44.8 Å². The number of aromatic nitrogens is 4. The molecule has 8 rings (SSSR count). The van der Waals surface area contributed by atoms with Crippen molar-refractivity contribution in [2.45, 2.75) is 26.0 Å². The number of nitrogens with one attached hydrogen (secondary N) is 1. The van der Waals surface area contributed by atoms with Gasteiger partial charge >= 0.3 is 5.97 Å². The Morgan fingerprint density at radius 3 is 2.47 bits per heavy atom. The Morgan fingerprint density at radius 2 is 1.69 bits per heavy atom. The minimum Gasteiger partial charge on any atom is -0.496 e. The second-order valence-electron chi connectivity index (χ2n) is 15.0. The van der Waals surface area contributed by atoms with Crippen LogP contribution in [0.3, 0.4) is 0 Å². The smallest absolute Gasteiger partial charge is 0.326 e. The number of thiophene rings is 1. The molecule has 1 aliphatic rings. The van der Waals surface area contributed by atoms with Crippen LogP contribution in [0.5, 0.6) is 17.2 Å². The summed E-state index contributed by atoms with van der Waals surface area (Å²) in [7, 11) is 3.73. The lowest BCUT2D eigenvalue weighted by atomic mass is 9.95. The largest absolute Gasteiger partial charge is 0.496 e. The van der Waals surface area contributed by atoms with Gasteiger partial charge in [-0.15, -0.1) is 16.4 Å². The zero-order valence-electron chi connectivity index (χ0n) is 34.5. The summed E-state index contributed by atoms with van der Waals surface area (Å²) >= 11 is 8.53. The molecule has 3 aromatic heterocycles. The van der Waals surface area contributed by atoms with Gasteiger partial charge in [0.15, 0.2) is 11.6 Å². The predicted molar refractivity (Wildman–Crippen MR) is 241 cm³/mol. The maximum Gasteiger partial charge on any atom is 0.326 e. The summed E-state index contributed by atoms with van der Waals surface area (Å²) in [6.07, 6.45) is 3.37. The topological polar surface area (TPSA) is 135 Å². The third kappa shape index (κ3) is 9.48. The summed E-state index contributed by atoms with van der Waals surface area (Å²) in [4.78, 5) is 27.7. The molecule has 2 N–H and O–H groups in total. The highest BCUT2D eigenvalue weighted by Crippen LogP contribution is 2.49. The van der Waals surface area contributed by atoms with E-state index in [9.17, 15) is 14.3 Å². The number of fused-ring (bicyclic) bond motifs is 1. The number of para-hydroxylation sites is 2. The first kappa shape index (κ1) is 42.5. The Labute approximate surface area is 367 Å². The van der Waals surface area contributed by atoms with Gasteiger partial charge in [0.25, 0.3) is 0 Å². The maximum atomic E-state index is 14.2. The number of piperazine rings is 1. The van der Waals surface area contributed by atoms with Crippen molar-refractivity contribution < 1.29 is 28.5 Å². The van der Waals surface area contributed by atoms with Gasteiger partial charge in [-0.2, -0.15) is 5.10 Å². The number of carbonyl (C=O) groups is 1. The zero-order chi connectivity index (χ0) is 43.2. The van der Waals surface area contributed by atoms with E-state index in [2.05, 4.69) is 37.3 Å². The van der Waals surface area contributed by atoms with Gasteiger partial charge in [-0.3, -0.25) is 4.90 Å². The minimum atomic E-state index is -1.14. The molecule has 62 heavy (non-hydrogen) atoms. The van der Waals surface area contributed by atoms with E-state index >= 15 is 0 Å². The molecule has 1 saturated heterocycles. The fourth-order valence-corrected chi connectivity index (χ4v) is 8.92. The molecule has 318 valence electrons. The van der Waals surface area contributed by atoms with Gasteiger partial charge in [-0.05, 0) is 78.7 Å². The maximum absolute atomic E-state index is 14.2. The van der Waals surface area contributed by atoms with E-state index in [4.69, 9.17) is 30.8 Å². The summed E-state index contributed by atoms with van der Waals surface area (Å²) in [5.74, 6) is 1.06. The minimum absolute atomic E-state index is 0.0507. The molecule has 0 radical (unpaired) electrons. The molecule has 1 fully saturated rings. The molecular weight excluding hydrogens is 829 g/mol. The summed E-state index contributed by atoms with van der Waals surface area (Å²) in [5, 5.41) is 23.8. The number of rotatable bonds is 16. The molecule has 0 bridgehead atoms. The van der Waals surface area contributed by atoms with Crippen LogP contribution in [0.25, 0.3) is 43.0 Å². The van der Waals surface area contributed by atoms with Crippen molar-refractivity contribution in [3.05, 3.63) is 131 Å². The van der Waals surface area contributed by atoms with Crippen LogP contribution in [-0.4, -0.2) is 101 Å². The number of nitrogens with zero attached hydrogens (tertiary/aromatic N) is 6. The van der Waals surface area contributed by atoms with Crippen LogP contribution in [0.1, 0.15) is 16.8 Å². The Bertz CT molecular complexity index is 2690. The van der Waals surface area contributed by atoms with Crippen molar-refractivity contribution in [3.63, 3.8) is 0 Å². The zero-order valence-corrected chi connectivity index (χ0v) is 36.0. The van der Waals surface area contributed by atoms with Gasteiger partial charge in [0.1, 0.15) is 42.3 Å². The molecule has 7 aromatic rings. The van der Waals surface area contributed by atoms with E-state index in [0.717, 1.165) is 70.1 Å². The van der Waals surface area contributed by atoms with E-state index in [-0.39, 0.29) is 24.7 Å². The van der Waals surface area contributed by atoms with Gasteiger partial charge in [0.2, 0.25) is 0 Å². The second kappa shape index (κ2) is 19.2. The fraction of sp³-hybridized carbons (Fsp3) is 0.255. The van der Waals surface area contributed by atoms with Gasteiger partial charge in [-0.25, -0.2) is 19.2 Å². The van der Waals surface area contributed by atoms with Crippen LogP contribution in [0.4, 0.5) is 10.2 Å². The van der Waals surface area contributed by atoms with E-state index < -0.39 is 12.0 Å². The van der Waals surface area contributed by atoms with Gasteiger partial charge in [0.05, 0.1) is 34.3 Å². The average molecular weight is 874 g/mol.